The second-order valence-corrected chi connectivity index (χ2v) is 8.72. The van der Waals surface area contributed by atoms with Crippen LogP contribution in [0.3, 0.4) is 0 Å². The zero-order valence-electron chi connectivity index (χ0n) is 14.1. The zero-order chi connectivity index (χ0) is 16.7. The number of benzene rings is 1. The summed E-state index contributed by atoms with van der Waals surface area (Å²) in [7, 11) is -0.111. The van der Waals surface area contributed by atoms with Crippen LogP contribution in [0.2, 0.25) is 0 Å². The van der Waals surface area contributed by atoms with Crippen molar-refractivity contribution < 1.29 is 13.2 Å². The summed E-state index contributed by atoms with van der Waals surface area (Å²) in [5.41, 5.74) is 0.978. The maximum Gasteiger partial charge on any atom is 0.279 e. The van der Waals surface area contributed by atoms with Crippen molar-refractivity contribution in [3.63, 3.8) is 0 Å². The molecule has 0 aliphatic heterocycles. The van der Waals surface area contributed by atoms with Crippen molar-refractivity contribution >= 4 is 10.2 Å². The van der Waals surface area contributed by atoms with Crippen LogP contribution in [0.25, 0.3) is 0 Å². The fourth-order valence-electron chi connectivity index (χ4n) is 3.20. The molecule has 0 unspecified atom stereocenters. The van der Waals surface area contributed by atoms with Gasteiger partial charge < -0.3 is 4.74 Å². The Kier molecular flexibility index (Phi) is 4.42. The third kappa shape index (κ3) is 3.39. The minimum Gasteiger partial charge on any atom is -0.496 e. The number of hydrogen-bond acceptors (Lipinski definition) is 3. The van der Waals surface area contributed by atoms with Crippen molar-refractivity contribution in [1.29, 1.82) is 0 Å². The van der Waals surface area contributed by atoms with Crippen LogP contribution in [0.15, 0.2) is 24.3 Å². The van der Waals surface area contributed by atoms with E-state index in [4.69, 9.17) is 4.74 Å². The van der Waals surface area contributed by atoms with E-state index in [0.29, 0.717) is 12.5 Å². The van der Waals surface area contributed by atoms with Crippen molar-refractivity contribution in [2.24, 2.45) is 5.92 Å². The summed E-state index contributed by atoms with van der Waals surface area (Å²) in [5, 5.41) is 0. The number of hydrogen-bond donors (Lipinski definition) is 1. The highest BCUT2D eigenvalue weighted by atomic mass is 32.2. The van der Waals surface area contributed by atoms with Crippen LogP contribution in [0, 0.1) is 5.92 Å². The molecule has 128 valence electrons. The molecule has 2 fully saturated rings. The first-order chi connectivity index (χ1) is 10.9. The number of nitrogens with zero attached hydrogens (tertiary/aromatic N) is 1. The summed E-state index contributed by atoms with van der Waals surface area (Å²) < 4.78 is 34.8. The Morgan fingerprint density at radius 1 is 1.35 bits per heavy atom. The van der Waals surface area contributed by atoms with Gasteiger partial charge in [-0.05, 0) is 44.6 Å². The minimum atomic E-state index is -3.44. The molecule has 2 aliphatic rings. The molecular weight excluding hydrogens is 312 g/mol. The van der Waals surface area contributed by atoms with Crippen molar-refractivity contribution in [2.75, 3.05) is 20.7 Å². The highest BCUT2D eigenvalue weighted by Crippen LogP contribution is 2.50. The molecule has 1 atom stereocenters. The maximum absolute atomic E-state index is 12.5. The van der Waals surface area contributed by atoms with Crippen LogP contribution in [0.4, 0.5) is 0 Å². The fraction of sp³-hybridized carbons (Fsp3) is 0.647. The number of rotatable bonds is 8. The van der Waals surface area contributed by atoms with Gasteiger partial charge in [-0.1, -0.05) is 18.2 Å². The van der Waals surface area contributed by atoms with Crippen molar-refractivity contribution in [3.05, 3.63) is 29.8 Å². The molecule has 0 bridgehead atoms. The lowest BCUT2D eigenvalue weighted by Gasteiger charge is -2.26. The Hall–Kier alpha value is -1.11. The molecule has 0 spiro atoms. The summed E-state index contributed by atoms with van der Waals surface area (Å²) in [4.78, 5) is 0. The molecule has 0 radical (unpaired) electrons. The van der Waals surface area contributed by atoms with Crippen LogP contribution in [0.5, 0.6) is 5.75 Å². The van der Waals surface area contributed by atoms with Crippen molar-refractivity contribution in [1.82, 2.24) is 9.03 Å². The quantitative estimate of drug-likeness (QED) is 0.791. The molecule has 1 aromatic carbocycles. The van der Waals surface area contributed by atoms with Crippen molar-refractivity contribution in [3.8, 4) is 5.75 Å². The molecule has 1 N–H and O–H groups in total. The van der Waals surface area contributed by atoms with Crippen LogP contribution in [0.1, 0.15) is 38.2 Å². The third-order valence-corrected chi connectivity index (χ3v) is 6.98. The predicted molar refractivity (Wildman–Crippen MR) is 90.8 cm³/mol. The monoisotopic (exact) mass is 338 g/mol. The second-order valence-electron chi connectivity index (χ2n) is 6.90. The smallest absolute Gasteiger partial charge is 0.279 e. The van der Waals surface area contributed by atoms with Crippen LogP contribution in [-0.4, -0.2) is 39.5 Å². The Bertz CT molecular complexity index is 666. The zero-order valence-corrected chi connectivity index (χ0v) is 14.9. The number of nitrogens with one attached hydrogen (secondary N) is 1. The average Bonchev–Trinajstić information content (AvgIpc) is 3.46. The van der Waals surface area contributed by atoms with E-state index in [-0.39, 0.29) is 11.5 Å². The summed E-state index contributed by atoms with van der Waals surface area (Å²) >= 11 is 0. The van der Waals surface area contributed by atoms with E-state index >= 15 is 0 Å². The molecule has 1 aromatic rings. The Labute approximate surface area is 139 Å². The summed E-state index contributed by atoms with van der Waals surface area (Å²) in [6.45, 7) is 2.42. The largest absolute Gasteiger partial charge is 0.496 e. The van der Waals surface area contributed by atoms with Crippen molar-refractivity contribution in [2.45, 2.75) is 44.1 Å². The highest BCUT2D eigenvalue weighted by molar-refractivity contribution is 7.87. The van der Waals surface area contributed by atoms with E-state index in [2.05, 4.69) is 4.72 Å². The maximum atomic E-state index is 12.5. The lowest BCUT2D eigenvalue weighted by molar-refractivity contribution is 0.350. The molecule has 0 amide bonds. The molecule has 6 heteroatoms. The Morgan fingerprint density at radius 2 is 2.00 bits per heavy atom. The second kappa shape index (κ2) is 6.07. The predicted octanol–water partition coefficient (Wildman–Crippen LogP) is 2.29. The first kappa shape index (κ1) is 16.7. The topological polar surface area (TPSA) is 58.6 Å². The molecule has 2 saturated carbocycles. The molecular formula is C17H26N2O3S. The van der Waals surface area contributed by atoms with E-state index in [1.807, 2.05) is 31.2 Å². The lowest BCUT2D eigenvalue weighted by Crippen LogP contribution is -2.46. The highest BCUT2D eigenvalue weighted by Gasteiger charge is 2.47. The summed E-state index contributed by atoms with van der Waals surface area (Å²) in [5.74, 6) is 1.35. The Morgan fingerprint density at radius 3 is 2.57 bits per heavy atom. The van der Waals surface area contributed by atoms with Crippen LogP contribution in [-0.2, 0) is 15.6 Å². The molecule has 2 aliphatic carbocycles. The van der Waals surface area contributed by atoms with Gasteiger partial charge in [-0.3, -0.25) is 0 Å². The van der Waals surface area contributed by atoms with Gasteiger partial charge in [0.2, 0.25) is 0 Å². The minimum absolute atomic E-state index is 0.0638. The van der Waals surface area contributed by atoms with Gasteiger partial charge in [0.25, 0.3) is 10.2 Å². The molecule has 0 saturated heterocycles. The Balaban J connectivity index is 1.69. The van der Waals surface area contributed by atoms with Gasteiger partial charge in [0.1, 0.15) is 5.75 Å². The van der Waals surface area contributed by atoms with E-state index in [0.717, 1.165) is 37.0 Å². The van der Waals surface area contributed by atoms with Gasteiger partial charge in [0, 0.05) is 30.6 Å². The van der Waals surface area contributed by atoms with Gasteiger partial charge in [-0.25, -0.2) is 4.72 Å². The van der Waals surface area contributed by atoms with Gasteiger partial charge in [-0.2, -0.15) is 12.7 Å². The van der Waals surface area contributed by atoms with Crippen LogP contribution < -0.4 is 9.46 Å². The number of para-hydroxylation sites is 1. The van der Waals surface area contributed by atoms with E-state index in [1.165, 1.54) is 4.31 Å². The molecule has 0 aromatic heterocycles. The summed E-state index contributed by atoms with van der Waals surface area (Å²) in [6, 6.07) is 7.96. The van der Waals surface area contributed by atoms with E-state index in [9.17, 15) is 8.42 Å². The van der Waals surface area contributed by atoms with Gasteiger partial charge in [0.05, 0.1) is 7.11 Å². The number of methoxy groups -OCH3 is 1. The SMILES string of the molecule is COc1ccccc1C1(CNS(=O)(=O)N(C)[C@@H](C)C2CC2)CC1. The molecule has 5 nitrogen and oxygen atoms in total. The fourth-order valence-corrected chi connectivity index (χ4v) is 4.47. The molecule has 23 heavy (non-hydrogen) atoms. The standard InChI is InChI=1S/C17H26N2O3S/c1-13(14-8-9-14)19(2)23(20,21)18-12-17(10-11-17)15-6-4-5-7-16(15)22-3/h4-7,13-14,18H,8-12H2,1-3H3/t13-/m0/s1. The molecule has 0 heterocycles. The van der Waals surface area contributed by atoms with Gasteiger partial charge in [-0.15, -0.1) is 0 Å². The first-order valence-corrected chi connectivity index (χ1v) is 9.70. The molecule has 3 rings (SSSR count). The average molecular weight is 338 g/mol. The van der Waals surface area contributed by atoms with Gasteiger partial charge >= 0.3 is 0 Å². The van der Waals surface area contributed by atoms with Gasteiger partial charge in [0.15, 0.2) is 0 Å². The summed E-state index contributed by atoms with van der Waals surface area (Å²) in [6.07, 6.45) is 4.23. The normalized spacial score (nSPS) is 21.2. The van der Waals surface area contributed by atoms with E-state index in [1.54, 1.807) is 14.2 Å². The third-order valence-electron chi connectivity index (χ3n) is 5.38. The van der Waals surface area contributed by atoms with E-state index < -0.39 is 10.2 Å². The van der Waals surface area contributed by atoms with Crippen LogP contribution >= 0.6 is 0 Å². The first-order valence-electron chi connectivity index (χ1n) is 8.26. The lowest BCUT2D eigenvalue weighted by atomic mass is 9.95. The number of ether oxygens (including phenoxy) is 1.